The van der Waals surface area contributed by atoms with Crippen LogP contribution in [-0.4, -0.2) is 31.7 Å². The molecule has 2 rings (SSSR count). The Labute approximate surface area is 190 Å². The molecule has 0 fully saturated rings. The van der Waals surface area contributed by atoms with Crippen LogP contribution in [0.15, 0.2) is 16.6 Å². The number of hydrogen-bond acceptors (Lipinski definition) is 3. The number of anilines is 1. The average Bonchev–Trinajstić information content (AvgIpc) is 2.51. The highest BCUT2D eigenvalue weighted by Gasteiger charge is 2.53. The number of ether oxygens (including phenoxy) is 1. The molecular formula is C23H37BrFNO3Si. The lowest BCUT2D eigenvalue weighted by atomic mass is 9.77. The van der Waals surface area contributed by atoms with Crippen LogP contribution in [0.5, 0.6) is 0 Å². The molecule has 0 spiro atoms. The molecule has 1 aromatic rings. The van der Waals surface area contributed by atoms with Gasteiger partial charge >= 0.3 is 6.09 Å². The number of rotatable bonds is 2. The Kier molecular flexibility index (Phi) is 6.66. The first-order valence-corrected chi connectivity index (χ1v) is 14.2. The van der Waals surface area contributed by atoms with Crippen LogP contribution in [0.1, 0.15) is 73.8 Å². The van der Waals surface area contributed by atoms with Crippen LogP contribution in [-0.2, 0) is 9.16 Å². The molecule has 170 valence electrons. The Morgan fingerprint density at radius 1 is 1.17 bits per heavy atom. The van der Waals surface area contributed by atoms with Crippen molar-refractivity contribution in [2.45, 2.75) is 104 Å². The van der Waals surface area contributed by atoms with Crippen LogP contribution >= 0.6 is 15.9 Å². The Hall–Kier alpha value is -0.923. The van der Waals surface area contributed by atoms with Crippen molar-refractivity contribution in [1.82, 2.24) is 0 Å². The molecule has 0 saturated carbocycles. The first-order valence-electron chi connectivity index (χ1n) is 10.5. The van der Waals surface area contributed by atoms with Crippen LogP contribution < -0.4 is 4.90 Å². The number of carbonyl (C=O) groups excluding carboxylic acids is 1. The maximum atomic E-state index is 14.5. The molecule has 7 heteroatoms. The van der Waals surface area contributed by atoms with Gasteiger partial charge in [0.15, 0.2) is 8.32 Å². The second-order valence-electron chi connectivity index (χ2n) is 11.4. The highest BCUT2D eigenvalue weighted by Crippen LogP contribution is 2.49. The van der Waals surface area contributed by atoms with Crippen molar-refractivity contribution in [3.8, 4) is 0 Å². The quantitative estimate of drug-likeness (QED) is 0.391. The lowest BCUT2D eigenvalue weighted by Gasteiger charge is -2.54. The van der Waals surface area contributed by atoms with E-state index in [4.69, 9.17) is 9.16 Å². The maximum Gasteiger partial charge on any atom is 0.415 e. The molecule has 1 amide bonds. The zero-order chi connectivity index (χ0) is 23.4. The summed E-state index contributed by atoms with van der Waals surface area (Å²) in [6, 6.07) is 3.19. The second kappa shape index (κ2) is 7.89. The molecule has 2 unspecified atom stereocenters. The topological polar surface area (TPSA) is 38.8 Å². The summed E-state index contributed by atoms with van der Waals surface area (Å²) < 4.78 is 27.5. The molecule has 0 saturated heterocycles. The van der Waals surface area contributed by atoms with Gasteiger partial charge in [-0.2, -0.15) is 0 Å². The summed E-state index contributed by atoms with van der Waals surface area (Å²) in [7, 11) is -2.14. The molecule has 1 heterocycles. The SMILES string of the molecule is CC1c2cc(Br)c(F)cc2N(C(=O)OC(C)(C)C)C(C)(C)C1O[Si](C)(C)C(C)(C)C. The molecule has 1 aliphatic heterocycles. The van der Waals surface area contributed by atoms with Gasteiger partial charge in [-0.1, -0.05) is 27.7 Å². The normalized spacial score (nSPS) is 22.0. The largest absolute Gasteiger partial charge is 0.443 e. The number of benzene rings is 1. The molecule has 0 radical (unpaired) electrons. The fraction of sp³-hybridized carbons (Fsp3) is 0.696. The zero-order valence-corrected chi connectivity index (χ0v) is 22.8. The smallest absolute Gasteiger partial charge is 0.415 e. The van der Waals surface area contributed by atoms with Crippen molar-refractivity contribution in [1.29, 1.82) is 0 Å². The van der Waals surface area contributed by atoms with Gasteiger partial charge in [-0.25, -0.2) is 9.18 Å². The summed E-state index contributed by atoms with van der Waals surface area (Å²) in [5.41, 5.74) is 0.0136. The highest BCUT2D eigenvalue weighted by atomic mass is 79.9. The number of halogens is 2. The van der Waals surface area contributed by atoms with Crippen molar-refractivity contribution in [2.75, 3.05) is 4.90 Å². The Balaban J connectivity index is 2.68. The van der Waals surface area contributed by atoms with Crippen LogP contribution in [0.4, 0.5) is 14.9 Å². The Morgan fingerprint density at radius 3 is 2.17 bits per heavy atom. The molecule has 0 bridgehead atoms. The fourth-order valence-corrected chi connectivity index (χ4v) is 5.55. The summed E-state index contributed by atoms with van der Waals surface area (Å²) in [6.45, 7) is 22.6. The van der Waals surface area contributed by atoms with Gasteiger partial charge in [0.25, 0.3) is 0 Å². The molecule has 0 aliphatic carbocycles. The van der Waals surface area contributed by atoms with E-state index < -0.39 is 31.4 Å². The first kappa shape index (κ1) is 25.3. The van der Waals surface area contributed by atoms with Gasteiger partial charge in [-0.15, -0.1) is 0 Å². The summed E-state index contributed by atoms with van der Waals surface area (Å²) in [5.74, 6) is -0.436. The lowest BCUT2D eigenvalue weighted by molar-refractivity contribution is 0.0371. The number of nitrogens with zero attached hydrogens (tertiary/aromatic N) is 1. The van der Waals surface area contributed by atoms with E-state index in [1.165, 1.54) is 6.07 Å². The third-order valence-corrected chi connectivity index (χ3v) is 11.4. The Bertz CT molecular complexity index is 827. The van der Waals surface area contributed by atoms with E-state index in [2.05, 4.69) is 56.7 Å². The Morgan fingerprint density at radius 2 is 1.70 bits per heavy atom. The summed E-state index contributed by atoms with van der Waals surface area (Å²) in [4.78, 5) is 14.9. The van der Waals surface area contributed by atoms with Crippen LogP contribution in [0.3, 0.4) is 0 Å². The molecule has 1 aliphatic rings. The molecular weight excluding hydrogens is 465 g/mol. The molecule has 0 aromatic heterocycles. The lowest BCUT2D eigenvalue weighted by Crippen LogP contribution is -2.64. The van der Waals surface area contributed by atoms with Crippen molar-refractivity contribution in [3.63, 3.8) is 0 Å². The third-order valence-electron chi connectivity index (χ3n) is 6.33. The molecule has 30 heavy (non-hydrogen) atoms. The number of fused-ring (bicyclic) bond motifs is 1. The molecule has 0 N–H and O–H groups in total. The minimum atomic E-state index is -2.14. The average molecular weight is 503 g/mol. The monoisotopic (exact) mass is 501 g/mol. The summed E-state index contributed by atoms with van der Waals surface area (Å²) in [6.07, 6.45) is -0.762. The van der Waals surface area contributed by atoms with E-state index in [0.717, 1.165) is 5.56 Å². The van der Waals surface area contributed by atoms with E-state index in [-0.39, 0.29) is 17.1 Å². The molecule has 4 nitrogen and oxygen atoms in total. The van der Waals surface area contributed by atoms with Gasteiger partial charge in [0, 0.05) is 5.92 Å². The number of carbonyl (C=O) groups is 1. The minimum absolute atomic E-state index is 0.0171. The van der Waals surface area contributed by atoms with Gasteiger partial charge in [-0.05, 0) is 86.4 Å². The predicted octanol–water partition coefficient (Wildman–Crippen LogP) is 7.62. The van der Waals surface area contributed by atoms with E-state index in [0.29, 0.717) is 10.2 Å². The first-order chi connectivity index (χ1) is 13.3. The van der Waals surface area contributed by atoms with Gasteiger partial charge in [-0.3, -0.25) is 4.90 Å². The highest BCUT2D eigenvalue weighted by molar-refractivity contribution is 9.10. The summed E-state index contributed by atoms with van der Waals surface area (Å²) >= 11 is 3.31. The van der Waals surface area contributed by atoms with Gasteiger partial charge in [0.2, 0.25) is 0 Å². The van der Waals surface area contributed by atoms with Crippen LogP contribution in [0.25, 0.3) is 0 Å². The standard InChI is InChI=1S/C23H37BrFNO3Si/c1-14-15-12-16(24)17(25)13-18(15)26(20(27)28-21(2,3)4)23(8,9)19(14)29-30(10,11)22(5,6)7/h12-14,19H,1-11H3. The zero-order valence-electron chi connectivity index (χ0n) is 20.2. The third kappa shape index (κ3) is 4.78. The molecule has 2 atom stereocenters. The van der Waals surface area contributed by atoms with Crippen molar-refractivity contribution >= 4 is 36.0 Å². The fourth-order valence-electron chi connectivity index (χ4n) is 3.70. The number of hydrogen-bond donors (Lipinski definition) is 0. The number of amides is 1. The maximum absolute atomic E-state index is 14.5. The van der Waals surface area contributed by atoms with Crippen LogP contribution in [0.2, 0.25) is 18.1 Å². The molecule has 1 aromatic carbocycles. The van der Waals surface area contributed by atoms with Gasteiger partial charge in [0.1, 0.15) is 11.4 Å². The van der Waals surface area contributed by atoms with Crippen molar-refractivity contribution in [3.05, 3.63) is 28.0 Å². The van der Waals surface area contributed by atoms with Crippen molar-refractivity contribution in [2.24, 2.45) is 0 Å². The van der Waals surface area contributed by atoms with Crippen molar-refractivity contribution < 1.29 is 18.3 Å². The van der Waals surface area contributed by atoms with E-state index in [1.807, 2.05) is 34.6 Å². The predicted molar refractivity (Wildman–Crippen MR) is 127 cm³/mol. The minimum Gasteiger partial charge on any atom is -0.443 e. The van der Waals surface area contributed by atoms with E-state index in [9.17, 15) is 9.18 Å². The van der Waals surface area contributed by atoms with Gasteiger partial charge < -0.3 is 9.16 Å². The van der Waals surface area contributed by atoms with Crippen LogP contribution in [0, 0.1) is 5.82 Å². The van der Waals surface area contributed by atoms with E-state index in [1.54, 1.807) is 11.0 Å². The second-order valence-corrected chi connectivity index (χ2v) is 17.0. The van der Waals surface area contributed by atoms with Gasteiger partial charge in [0.05, 0.1) is 21.8 Å². The summed E-state index contributed by atoms with van der Waals surface area (Å²) in [5, 5.41) is 0.0171. The van der Waals surface area contributed by atoms with E-state index >= 15 is 0 Å².